The largest absolute Gasteiger partial charge is 0.493 e. The van der Waals surface area contributed by atoms with Crippen LogP contribution in [0.3, 0.4) is 0 Å². The predicted octanol–water partition coefficient (Wildman–Crippen LogP) is 5.11. The molecule has 7 heteroatoms. The Balaban J connectivity index is 1.50. The van der Waals surface area contributed by atoms with Crippen molar-refractivity contribution in [2.75, 3.05) is 13.2 Å². The lowest BCUT2D eigenvalue weighted by atomic mass is 10.1. The molecule has 0 unspecified atom stereocenters. The topological polar surface area (TPSA) is 84.5 Å². The Morgan fingerprint density at radius 3 is 2.61 bits per heavy atom. The predicted molar refractivity (Wildman–Crippen MR) is 120 cm³/mol. The van der Waals surface area contributed by atoms with Crippen molar-refractivity contribution in [1.82, 2.24) is 5.32 Å². The molecule has 1 heterocycles. The molecular weight excluding hydrogens is 460 g/mol. The first kappa shape index (κ1) is 22.2. The Labute approximate surface area is 189 Å². The SMILES string of the molecule is N#CC(=Cc1ccc(OCCCOc2ccccc2)c(Br)c1)C(=O)NCc1ccco1. The maximum atomic E-state index is 12.2. The van der Waals surface area contributed by atoms with Crippen molar-refractivity contribution in [3.63, 3.8) is 0 Å². The molecule has 0 bridgehead atoms. The van der Waals surface area contributed by atoms with Crippen LogP contribution in [-0.4, -0.2) is 19.1 Å². The van der Waals surface area contributed by atoms with Crippen LogP contribution < -0.4 is 14.8 Å². The third-order valence-corrected chi connectivity index (χ3v) is 4.81. The van der Waals surface area contributed by atoms with Gasteiger partial charge in [-0.2, -0.15) is 5.26 Å². The van der Waals surface area contributed by atoms with E-state index in [0.717, 1.165) is 16.6 Å². The van der Waals surface area contributed by atoms with Crippen LogP contribution in [0.25, 0.3) is 6.08 Å². The normalized spacial score (nSPS) is 10.9. The van der Waals surface area contributed by atoms with Gasteiger partial charge in [0.25, 0.3) is 5.91 Å². The van der Waals surface area contributed by atoms with Crippen LogP contribution in [0.4, 0.5) is 0 Å². The number of nitriles is 1. The van der Waals surface area contributed by atoms with E-state index in [1.165, 1.54) is 12.3 Å². The number of amides is 1. The first-order valence-corrected chi connectivity index (χ1v) is 10.5. The Kier molecular flexibility index (Phi) is 8.32. The fourth-order valence-corrected chi connectivity index (χ4v) is 3.17. The first-order chi connectivity index (χ1) is 15.2. The summed E-state index contributed by atoms with van der Waals surface area (Å²) < 4.78 is 17.3. The molecule has 0 radical (unpaired) electrons. The minimum absolute atomic E-state index is 0.00480. The van der Waals surface area contributed by atoms with E-state index in [1.54, 1.807) is 30.3 Å². The van der Waals surface area contributed by atoms with Gasteiger partial charge in [0, 0.05) is 6.42 Å². The van der Waals surface area contributed by atoms with Crippen LogP contribution in [0.15, 0.2) is 81.4 Å². The van der Waals surface area contributed by atoms with E-state index in [9.17, 15) is 10.1 Å². The van der Waals surface area contributed by atoms with Gasteiger partial charge in [-0.15, -0.1) is 0 Å². The number of halogens is 1. The van der Waals surface area contributed by atoms with Gasteiger partial charge < -0.3 is 19.2 Å². The van der Waals surface area contributed by atoms with E-state index < -0.39 is 5.91 Å². The van der Waals surface area contributed by atoms with Crippen LogP contribution in [0.5, 0.6) is 11.5 Å². The molecule has 0 fully saturated rings. The van der Waals surface area contributed by atoms with Gasteiger partial charge in [0.1, 0.15) is 28.9 Å². The summed E-state index contributed by atoms with van der Waals surface area (Å²) in [7, 11) is 0. The summed E-state index contributed by atoms with van der Waals surface area (Å²) in [5, 5.41) is 12.0. The third kappa shape index (κ3) is 7.05. The van der Waals surface area contributed by atoms with E-state index in [0.29, 0.717) is 30.3 Å². The number of hydrogen-bond donors (Lipinski definition) is 1. The minimum atomic E-state index is -0.464. The van der Waals surface area contributed by atoms with Gasteiger partial charge in [0.05, 0.1) is 30.5 Å². The molecule has 0 aliphatic rings. The average Bonchev–Trinajstić information content (AvgIpc) is 3.31. The van der Waals surface area contributed by atoms with Gasteiger partial charge in [-0.05, 0) is 64.0 Å². The summed E-state index contributed by atoms with van der Waals surface area (Å²) in [4.78, 5) is 12.2. The smallest absolute Gasteiger partial charge is 0.262 e. The maximum Gasteiger partial charge on any atom is 0.262 e. The Morgan fingerprint density at radius 1 is 1.10 bits per heavy atom. The van der Waals surface area contributed by atoms with Crippen LogP contribution in [-0.2, 0) is 11.3 Å². The summed E-state index contributed by atoms with van der Waals surface area (Å²) in [5.74, 6) is 1.66. The molecule has 3 aromatic rings. The molecule has 0 aliphatic carbocycles. The number of carbonyl (C=O) groups is 1. The Bertz CT molecular complexity index is 1060. The second kappa shape index (κ2) is 11.6. The zero-order valence-corrected chi connectivity index (χ0v) is 18.3. The summed E-state index contributed by atoms with van der Waals surface area (Å²) in [5.41, 5.74) is 0.710. The van der Waals surface area contributed by atoms with Crippen LogP contribution in [0, 0.1) is 11.3 Å². The van der Waals surface area contributed by atoms with Crippen LogP contribution in [0.2, 0.25) is 0 Å². The second-order valence-corrected chi connectivity index (χ2v) is 7.34. The number of furan rings is 1. The third-order valence-electron chi connectivity index (χ3n) is 4.19. The molecule has 3 rings (SSSR count). The molecule has 1 aromatic heterocycles. The molecule has 2 aromatic carbocycles. The van der Waals surface area contributed by atoms with E-state index in [-0.39, 0.29) is 12.1 Å². The standard InChI is InChI=1S/C24H21BrN2O4/c25-22-15-18(14-19(16-26)24(28)27-17-21-8-4-11-30-21)9-10-23(22)31-13-5-12-29-20-6-2-1-3-7-20/h1-4,6-11,14-15H,5,12-13,17H2,(H,27,28). The zero-order valence-electron chi connectivity index (χ0n) is 16.7. The molecule has 1 N–H and O–H groups in total. The number of ether oxygens (including phenoxy) is 2. The lowest BCUT2D eigenvalue weighted by Crippen LogP contribution is -2.23. The van der Waals surface area contributed by atoms with E-state index >= 15 is 0 Å². The van der Waals surface area contributed by atoms with Crippen LogP contribution in [0.1, 0.15) is 17.7 Å². The molecule has 6 nitrogen and oxygen atoms in total. The van der Waals surface area contributed by atoms with Crippen molar-refractivity contribution in [2.24, 2.45) is 0 Å². The van der Waals surface area contributed by atoms with Crippen molar-refractivity contribution in [3.05, 3.63) is 88.3 Å². The number of rotatable bonds is 10. The quantitative estimate of drug-likeness (QED) is 0.247. The highest BCUT2D eigenvalue weighted by Gasteiger charge is 2.10. The molecule has 31 heavy (non-hydrogen) atoms. The van der Waals surface area contributed by atoms with E-state index in [2.05, 4.69) is 21.2 Å². The monoisotopic (exact) mass is 480 g/mol. The van der Waals surface area contributed by atoms with E-state index in [1.807, 2.05) is 36.4 Å². The summed E-state index contributed by atoms with van der Waals surface area (Å²) in [6.45, 7) is 1.27. The fraction of sp³-hybridized carbons (Fsp3) is 0.167. The van der Waals surface area contributed by atoms with Gasteiger partial charge in [0.2, 0.25) is 0 Å². The number of para-hydroxylation sites is 1. The van der Waals surface area contributed by atoms with Gasteiger partial charge in [-0.3, -0.25) is 4.79 Å². The molecule has 158 valence electrons. The van der Waals surface area contributed by atoms with Crippen molar-refractivity contribution in [1.29, 1.82) is 5.26 Å². The van der Waals surface area contributed by atoms with Crippen molar-refractivity contribution >= 4 is 27.9 Å². The highest BCUT2D eigenvalue weighted by molar-refractivity contribution is 9.10. The molecule has 0 spiro atoms. The zero-order chi connectivity index (χ0) is 21.9. The number of nitrogens with one attached hydrogen (secondary N) is 1. The van der Waals surface area contributed by atoms with Crippen molar-refractivity contribution < 1.29 is 18.7 Å². The molecule has 1 amide bonds. The number of hydrogen-bond acceptors (Lipinski definition) is 5. The fourth-order valence-electron chi connectivity index (χ4n) is 2.66. The highest BCUT2D eigenvalue weighted by Crippen LogP contribution is 2.27. The van der Waals surface area contributed by atoms with Crippen molar-refractivity contribution in [2.45, 2.75) is 13.0 Å². The van der Waals surface area contributed by atoms with Crippen LogP contribution >= 0.6 is 15.9 Å². The summed E-state index contributed by atoms with van der Waals surface area (Å²) >= 11 is 3.48. The summed E-state index contributed by atoms with van der Waals surface area (Å²) in [6, 6.07) is 20.4. The van der Waals surface area contributed by atoms with E-state index in [4.69, 9.17) is 13.9 Å². The van der Waals surface area contributed by atoms with Gasteiger partial charge >= 0.3 is 0 Å². The Hall–Kier alpha value is -3.50. The molecular formula is C24H21BrN2O4. The maximum absolute atomic E-state index is 12.2. The number of benzene rings is 2. The lowest BCUT2D eigenvalue weighted by molar-refractivity contribution is -0.117. The van der Waals surface area contributed by atoms with Gasteiger partial charge in [0.15, 0.2) is 0 Å². The summed E-state index contributed by atoms with van der Waals surface area (Å²) in [6.07, 6.45) is 3.79. The van der Waals surface area contributed by atoms with Gasteiger partial charge in [-0.1, -0.05) is 24.3 Å². The second-order valence-electron chi connectivity index (χ2n) is 6.49. The van der Waals surface area contributed by atoms with Crippen molar-refractivity contribution in [3.8, 4) is 17.6 Å². The molecule has 0 aliphatic heterocycles. The lowest BCUT2D eigenvalue weighted by Gasteiger charge is -2.10. The highest BCUT2D eigenvalue weighted by atomic mass is 79.9. The Morgan fingerprint density at radius 2 is 1.90 bits per heavy atom. The molecule has 0 saturated heterocycles. The minimum Gasteiger partial charge on any atom is -0.493 e. The number of nitrogens with zero attached hydrogens (tertiary/aromatic N) is 1. The average molecular weight is 481 g/mol. The molecule has 0 atom stereocenters. The van der Waals surface area contributed by atoms with Gasteiger partial charge in [-0.25, -0.2) is 0 Å². The number of carbonyl (C=O) groups excluding carboxylic acids is 1. The molecule has 0 saturated carbocycles. The first-order valence-electron chi connectivity index (χ1n) is 9.68.